The van der Waals surface area contributed by atoms with Gasteiger partial charge in [-0.05, 0) is 42.0 Å². The van der Waals surface area contributed by atoms with Gasteiger partial charge < -0.3 is 10.5 Å². The van der Waals surface area contributed by atoms with E-state index in [1.54, 1.807) is 36.4 Å². The van der Waals surface area contributed by atoms with Crippen molar-refractivity contribution in [2.75, 3.05) is 12.4 Å². The van der Waals surface area contributed by atoms with Crippen LogP contribution in [0.15, 0.2) is 58.5 Å². The van der Waals surface area contributed by atoms with Crippen LogP contribution < -0.4 is 15.9 Å². The molecule has 0 fully saturated rings. The van der Waals surface area contributed by atoms with Crippen LogP contribution in [0.5, 0.6) is 5.75 Å². The zero-order valence-corrected chi connectivity index (χ0v) is 14.8. The van der Waals surface area contributed by atoms with Gasteiger partial charge in [0.25, 0.3) is 11.6 Å². The molecule has 3 N–H and O–H groups in total. The summed E-state index contributed by atoms with van der Waals surface area (Å²) in [4.78, 5) is 33.3. The number of thioether (sulfide) groups is 1. The molecule has 0 saturated carbocycles. The van der Waals surface area contributed by atoms with E-state index < -0.39 is 10.8 Å². The number of primary amides is 1. The van der Waals surface area contributed by atoms with E-state index in [9.17, 15) is 19.7 Å². The van der Waals surface area contributed by atoms with E-state index in [-0.39, 0.29) is 24.0 Å². The maximum absolute atomic E-state index is 11.8. The SMILES string of the molecule is NC(=O)COc1ccc(/C=N\NC(=O)CSc2ccc([N+](=O)[O-])cc2)cc1. The number of nitro benzene ring substituents is 1. The summed E-state index contributed by atoms with van der Waals surface area (Å²) in [7, 11) is 0. The van der Waals surface area contributed by atoms with Gasteiger partial charge in [-0.15, -0.1) is 11.8 Å². The molecule has 0 radical (unpaired) electrons. The number of carbonyl (C=O) groups excluding carboxylic acids is 2. The quantitative estimate of drug-likeness (QED) is 0.290. The Morgan fingerprint density at radius 1 is 1.19 bits per heavy atom. The molecule has 0 atom stereocenters. The third-order valence-electron chi connectivity index (χ3n) is 3.08. The summed E-state index contributed by atoms with van der Waals surface area (Å²) >= 11 is 1.24. The van der Waals surface area contributed by atoms with Crippen molar-refractivity contribution in [3.63, 3.8) is 0 Å². The maximum Gasteiger partial charge on any atom is 0.269 e. The summed E-state index contributed by atoms with van der Waals surface area (Å²) in [5.74, 6) is -0.255. The number of non-ortho nitro benzene ring substituents is 1. The highest BCUT2D eigenvalue weighted by Crippen LogP contribution is 2.21. The van der Waals surface area contributed by atoms with Crippen LogP contribution in [0.4, 0.5) is 5.69 Å². The van der Waals surface area contributed by atoms with Crippen molar-refractivity contribution in [3.8, 4) is 5.75 Å². The summed E-state index contributed by atoms with van der Waals surface area (Å²) in [5.41, 5.74) is 8.11. The fourth-order valence-electron chi connectivity index (χ4n) is 1.83. The van der Waals surface area contributed by atoms with E-state index in [4.69, 9.17) is 10.5 Å². The van der Waals surface area contributed by atoms with Crippen molar-refractivity contribution in [3.05, 3.63) is 64.2 Å². The second-order valence-corrected chi connectivity index (χ2v) is 6.21. The standard InChI is InChI=1S/C17H16N4O5S/c18-16(22)10-26-14-5-1-12(2-6-14)9-19-20-17(23)11-27-15-7-3-13(4-8-15)21(24)25/h1-9H,10-11H2,(H2,18,22)(H,20,23)/b19-9-. The van der Waals surface area contributed by atoms with Gasteiger partial charge >= 0.3 is 0 Å². The molecule has 0 aromatic heterocycles. The highest BCUT2D eigenvalue weighted by molar-refractivity contribution is 8.00. The summed E-state index contributed by atoms with van der Waals surface area (Å²) in [6.07, 6.45) is 1.46. The number of nitro groups is 1. The molecule has 27 heavy (non-hydrogen) atoms. The average molecular weight is 388 g/mol. The molecule has 0 spiro atoms. The van der Waals surface area contributed by atoms with Gasteiger partial charge in [0.2, 0.25) is 5.91 Å². The van der Waals surface area contributed by atoms with Gasteiger partial charge in [0.1, 0.15) is 5.75 Å². The van der Waals surface area contributed by atoms with Gasteiger partial charge in [-0.1, -0.05) is 0 Å². The van der Waals surface area contributed by atoms with Gasteiger partial charge in [-0.3, -0.25) is 19.7 Å². The summed E-state index contributed by atoms with van der Waals surface area (Å²) in [6, 6.07) is 12.6. The van der Waals surface area contributed by atoms with Crippen LogP contribution in [0, 0.1) is 10.1 Å². The van der Waals surface area contributed by atoms with Crippen LogP contribution in [0.3, 0.4) is 0 Å². The number of rotatable bonds is 9. The number of hydrogen-bond donors (Lipinski definition) is 2. The van der Waals surface area contributed by atoms with Crippen LogP contribution in [0.25, 0.3) is 0 Å². The lowest BCUT2D eigenvalue weighted by Crippen LogP contribution is -2.20. The second-order valence-electron chi connectivity index (χ2n) is 5.16. The molecule has 2 amide bonds. The average Bonchev–Trinajstić information content (AvgIpc) is 2.66. The Labute approximate surface area is 158 Å². The van der Waals surface area contributed by atoms with Crippen LogP contribution in [0.2, 0.25) is 0 Å². The third kappa shape index (κ3) is 7.16. The fourth-order valence-corrected chi connectivity index (χ4v) is 2.52. The Morgan fingerprint density at radius 3 is 2.44 bits per heavy atom. The highest BCUT2D eigenvalue weighted by atomic mass is 32.2. The van der Waals surface area contributed by atoms with Crippen LogP contribution >= 0.6 is 11.8 Å². The van der Waals surface area contributed by atoms with Crippen molar-refractivity contribution in [1.82, 2.24) is 5.43 Å². The van der Waals surface area contributed by atoms with Gasteiger partial charge in [0.05, 0.1) is 16.9 Å². The van der Waals surface area contributed by atoms with E-state index in [0.29, 0.717) is 5.75 Å². The minimum Gasteiger partial charge on any atom is -0.484 e. The minimum absolute atomic E-state index is 0.000512. The first-order valence-corrected chi connectivity index (χ1v) is 8.63. The molecule has 9 nitrogen and oxygen atoms in total. The minimum atomic E-state index is -0.560. The van der Waals surface area contributed by atoms with Gasteiger partial charge in [0.15, 0.2) is 6.61 Å². The molecule has 0 aliphatic heterocycles. The van der Waals surface area contributed by atoms with Crippen LogP contribution in [-0.2, 0) is 9.59 Å². The topological polar surface area (TPSA) is 137 Å². The van der Waals surface area contributed by atoms with E-state index in [0.717, 1.165) is 10.5 Å². The molecular formula is C17H16N4O5S. The lowest BCUT2D eigenvalue weighted by molar-refractivity contribution is -0.384. The molecule has 10 heteroatoms. The van der Waals surface area contributed by atoms with Crippen molar-refractivity contribution in [1.29, 1.82) is 0 Å². The van der Waals surface area contributed by atoms with E-state index >= 15 is 0 Å². The zero-order chi connectivity index (χ0) is 19.6. The molecule has 140 valence electrons. The van der Waals surface area contributed by atoms with Crippen LogP contribution in [0.1, 0.15) is 5.56 Å². The summed E-state index contributed by atoms with van der Waals surface area (Å²) < 4.78 is 5.13. The number of hydrogen-bond acceptors (Lipinski definition) is 7. The number of carbonyl (C=O) groups is 2. The van der Waals surface area contributed by atoms with Gasteiger partial charge in [0, 0.05) is 17.0 Å². The smallest absolute Gasteiger partial charge is 0.269 e. The normalized spacial score (nSPS) is 10.5. The molecule has 0 aliphatic rings. The Kier molecular flexibility index (Phi) is 7.32. The van der Waals surface area contributed by atoms with E-state index in [1.165, 1.54) is 30.1 Å². The molecule has 0 heterocycles. The molecule has 0 aliphatic carbocycles. The molecule has 0 unspecified atom stereocenters. The first-order valence-electron chi connectivity index (χ1n) is 7.64. The second kappa shape index (κ2) is 9.92. The number of amides is 2. The zero-order valence-electron chi connectivity index (χ0n) is 14.0. The highest BCUT2D eigenvalue weighted by Gasteiger charge is 2.06. The number of nitrogens with two attached hydrogens (primary N) is 1. The molecule has 2 aromatic carbocycles. The fraction of sp³-hybridized carbons (Fsp3) is 0.118. The van der Waals surface area contributed by atoms with Crippen molar-refractivity contribution >= 4 is 35.5 Å². The van der Waals surface area contributed by atoms with E-state index in [2.05, 4.69) is 10.5 Å². The molecule has 2 aromatic rings. The van der Waals surface area contributed by atoms with Crippen LogP contribution in [-0.4, -0.2) is 35.3 Å². The number of ether oxygens (including phenoxy) is 1. The van der Waals surface area contributed by atoms with Gasteiger partial charge in [-0.25, -0.2) is 5.43 Å². The Bertz CT molecular complexity index is 837. The summed E-state index contributed by atoms with van der Waals surface area (Å²) in [5, 5.41) is 14.4. The lowest BCUT2D eigenvalue weighted by Gasteiger charge is -2.03. The molecule has 0 saturated heterocycles. The number of hydrazone groups is 1. The molecule has 2 rings (SSSR count). The number of nitrogens with one attached hydrogen (secondary N) is 1. The molecule has 0 bridgehead atoms. The molecular weight excluding hydrogens is 372 g/mol. The van der Waals surface area contributed by atoms with Crippen molar-refractivity contribution in [2.24, 2.45) is 10.8 Å². The Hall–Kier alpha value is -3.40. The van der Waals surface area contributed by atoms with E-state index in [1.807, 2.05) is 0 Å². The monoisotopic (exact) mass is 388 g/mol. The number of benzene rings is 2. The largest absolute Gasteiger partial charge is 0.484 e. The Morgan fingerprint density at radius 2 is 1.85 bits per heavy atom. The summed E-state index contributed by atoms with van der Waals surface area (Å²) in [6.45, 7) is -0.198. The van der Waals surface area contributed by atoms with Crippen molar-refractivity contribution in [2.45, 2.75) is 4.90 Å². The number of nitrogens with zero attached hydrogens (tertiary/aromatic N) is 2. The third-order valence-corrected chi connectivity index (χ3v) is 4.09. The van der Waals surface area contributed by atoms with Gasteiger partial charge in [-0.2, -0.15) is 5.10 Å². The predicted molar refractivity (Wildman–Crippen MR) is 101 cm³/mol. The first-order chi connectivity index (χ1) is 12.9. The Balaban J connectivity index is 1.75. The van der Waals surface area contributed by atoms with Crippen molar-refractivity contribution < 1.29 is 19.2 Å². The first kappa shape index (κ1) is 19.9. The predicted octanol–water partition coefficient (Wildman–Crippen LogP) is 1.70. The lowest BCUT2D eigenvalue weighted by atomic mass is 10.2. The maximum atomic E-state index is 11.8.